The van der Waals surface area contributed by atoms with E-state index in [0.29, 0.717) is 33.7 Å². The van der Waals surface area contributed by atoms with Crippen LogP contribution in [0.1, 0.15) is 10.4 Å². The van der Waals surface area contributed by atoms with E-state index in [1.54, 1.807) is 54.8 Å². The molecule has 0 radical (unpaired) electrons. The number of para-hydroxylation sites is 2. The summed E-state index contributed by atoms with van der Waals surface area (Å²) in [4.78, 5) is 30.6. The SMILES string of the molecule is COc1ccc(-c2nc3ccccc3s2)cc1NC(=O)c1cccc(-c2cc3ccccc3oc2=O)c1. The summed E-state index contributed by atoms with van der Waals surface area (Å²) in [5.41, 5.74) is 3.79. The van der Waals surface area contributed by atoms with Crippen molar-refractivity contribution in [3.63, 3.8) is 0 Å². The second-order valence-electron chi connectivity index (χ2n) is 8.42. The monoisotopic (exact) mass is 504 g/mol. The number of thiazole rings is 1. The molecular formula is C30H20N2O4S. The van der Waals surface area contributed by atoms with Crippen LogP contribution in [0.5, 0.6) is 5.75 Å². The fraction of sp³-hybridized carbons (Fsp3) is 0.0333. The molecule has 180 valence electrons. The molecule has 1 amide bonds. The summed E-state index contributed by atoms with van der Waals surface area (Å²) in [6, 6.07) is 29.6. The highest BCUT2D eigenvalue weighted by Crippen LogP contribution is 2.35. The summed E-state index contributed by atoms with van der Waals surface area (Å²) >= 11 is 1.59. The van der Waals surface area contributed by atoms with E-state index in [1.807, 2.05) is 60.7 Å². The summed E-state index contributed by atoms with van der Waals surface area (Å²) in [5, 5.41) is 4.62. The van der Waals surface area contributed by atoms with Crippen molar-refractivity contribution < 1.29 is 13.9 Å². The van der Waals surface area contributed by atoms with E-state index in [0.717, 1.165) is 26.2 Å². The van der Waals surface area contributed by atoms with Crippen LogP contribution in [0.15, 0.2) is 106 Å². The first-order valence-electron chi connectivity index (χ1n) is 11.6. The van der Waals surface area contributed by atoms with Gasteiger partial charge in [-0.1, -0.05) is 42.5 Å². The van der Waals surface area contributed by atoms with Crippen LogP contribution in [-0.2, 0) is 0 Å². The molecule has 6 aromatic rings. The van der Waals surface area contributed by atoms with Crippen LogP contribution in [-0.4, -0.2) is 18.0 Å². The number of carbonyl (C=O) groups excluding carboxylic acids is 1. The van der Waals surface area contributed by atoms with E-state index in [4.69, 9.17) is 14.1 Å². The molecule has 1 N–H and O–H groups in total. The van der Waals surface area contributed by atoms with E-state index in [-0.39, 0.29) is 5.91 Å². The lowest BCUT2D eigenvalue weighted by molar-refractivity contribution is 0.102. The molecule has 0 aliphatic carbocycles. The molecule has 0 unspecified atom stereocenters. The van der Waals surface area contributed by atoms with Crippen LogP contribution < -0.4 is 15.7 Å². The van der Waals surface area contributed by atoms with Gasteiger partial charge >= 0.3 is 5.63 Å². The predicted octanol–water partition coefficient (Wildman–Crippen LogP) is 7.00. The number of aromatic nitrogens is 1. The van der Waals surface area contributed by atoms with Crippen molar-refractivity contribution in [3.05, 3.63) is 113 Å². The van der Waals surface area contributed by atoms with Gasteiger partial charge in [-0.3, -0.25) is 4.79 Å². The Kier molecular flexibility index (Phi) is 5.75. The van der Waals surface area contributed by atoms with Gasteiger partial charge in [0.2, 0.25) is 0 Å². The number of anilines is 1. The Labute approximate surface area is 215 Å². The Hall–Kier alpha value is -4.75. The molecule has 0 atom stereocenters. The first-order valence-corrected chi connectivity index (χ1v) is 12.4. The van der Waals surface area contributed by atoms with Crippen molar-refractivity contribution in [2.75, 3.05) is 12.4 Å². The van der Waals surface area contributed by atoms with Crippen molar-refractivity contribution >= 4 is 44.1 Å². The lowest BCUT2D eigenvalue weighted by Gasteiger charge is -2.12. The van der Waals surface area contributed by atoms with Crippen LogP contribution in [0.3, 0.4) is 0 Å². The standard InChI is InChI=1S/C30H20N2O4S/c1-35-26-14-13-21(29-32-23-10-3-5-12-27(23)37-29)17-24(26)31-28(33)20-9-6-8-18(15-20)22-16-19-7-2-4-11-25(19)36-30(22)34/h2-17H,1H3,(H,31,33). The molecule has 0 spiro atoms. The van der Waals surface area contributed by atoms with E-state index in [9.17, 15) is 9.59 Å². The first kappa shape index (κ1) is 22.7. The number of benzene rings is 4. The Morgan fingerprint density at radius 3 is 2.59 bits per heavy atom. The molecule has 0 bridgehead atoms. The number of carbonyl (C=O) groups is 1. The maximum atomic E-state index is 13.3. The number of nitrogens with one attached hydrogen (secondary N) is 1. The van der Waals surface area contributed by atoms with Crippen molar-refractivity contribution in [2.24, 2.45) is 0 Å². The third kappa shape index (κ3) is 4.37. The number of methoxy groups -OCH3 is 1. The molecule has 6 rings (SSSR count). The van der Waals surface area contributed by atoms with Gasteiger partial charge in [-0.05, 0) is 60.2 Å². The second kappa shape index (κ2) is 9.37. The van der Waals surface area contributed by atoms with E-state index >= 15 is 0 Å². The Balaban J connectivity index is 1.33. The average molecular weight is 505 g/mol. The van der Waals surface area contributed by atoms with Gasteiger partial charge in [0.1, 0.15) is 16.3 Å². The summed E-state index contributed by atoms with van der Waals surface area (Å²) in [6.45, 7) is 0. The van der Waals surface area contributed by atoms with Crippen LogP contribution in [0.4, 0.5) is 5.69 Å². The average Bonchev–Trinajstić information content (AvgIpc) is 3.37. The van der Waals surface area contributed by atoms with Gasteiger partial charge < -0.3 is 14.5 Å². The molecule has 37 heavy (non-hydrogen) atoms. The molecular weight excluding hydrogens is 484 g/mol. The predicted molar refractivity (Wildman–Crippen MR) is 147 cm³/mol. The zero-order chi connectivity index (χ0) is 25.4. The zero-order valence-corrected chi connectivity index (χ0v) is 20.5. The van der Waals surface area contributed by atoms with Gasteiger partial charge in [-0.15, -0.1) is 11.3 Å². The number of fused-ring (bicyclic) bond motifs is 2. The molecule has 0 aliphatic heterocycles. The van der Waals surface area contributed by atoms with Gasteiger partial charge in [0.25, 0.3) is 5.91 Å². The van der Waals surface area contributed by atoms with Gasteiger partial charge in [-0.25, -0.2) is 9.78 Å². The smallest absolute Gasteiger partial charge is 0.344 e. The quantitative estimate of drug-likeness (QED) is 0.256. The lowest BCUT2D eigenvalue weighted by atomic mass is 10.0. The molecule has 2 aromatic heterocycles. The van der Waals surface area contributed by atoms with E-state index in [1.165, 1.54) is 0 Å². The summed E-state index contributed by atoms with van der Waals surface area (Å²) in [6.07, 6.45) is 0. The van der Waals surface area contributed by atoms with Gasteiger partial charge in [0.05, 0.1) is 28.6 Å². The van der Waals surface area contributed by atoms with Crippen LogP contribution in [0.25, 0.3) is 42.9 Å². The number of nitrogens with zero attached hydrogens (tertiary/aromatic N) is 1. The Morgan fingerprint density at radius 1 is 0.892 bits per heavy atom. The number of ether oxygens (including phenoxy) is 1. The summed E-state index contributed by atoms with van der Waals surface area (Å²) in [7, 11) is 1.56. The van der Waals surface area contributed by atoms with Crippen molar-refractivity contribution in [3.8, 4) is 27.4 Å². The van der Waals surface area contributed by atoms with Gasteiger partial charge in [-0.2, -0.15) is 0 Å². The number of amides is 1. The third-order valence-corrected chi connectivity index (χ3v) is 7.15. The van der Waals surface area contributed by atoms with Crippen molar-refractivity contribution in [2.45, 2.75) is 0 Å². The summed E-state index contributed by atoms with van der Waals surface area (Å²) < 4.78 is 12.1. The highest BCUT2D eigenvalue weighted by Gasteiger charge is 2.15. The van der Waals surface area contributed by atoms with Gasteiger partial charge in [0, 0.05) is 16.5 Å². The van der Waals surface area contributed by atoms with Crippen LogP contribution >= 0.6 is 11.3 Å². The van der Waals surface area contributed by atoms with E-state index < -0.39 is 5.63 Å². The zero-order valence-electron chi connectivity index (χ0n) is 19.7. The highest BCUT2D eigenvalue weighted by atomic mass is 32.1. The Bertz CT molecular complexity index is 1820. The molecule has 0 saturated carbocycles. The minimum Gasteiger partial charge on any atom is -0.495 e. The maximum absolute atomic E-state index is 13.3. The molecule has 4 aromatic carbocycles. The van der Waals surface area contributed by atoms with Crippen molar-refractivity contribution in [1.29, 1.82) is 0 Å². The highest BCUT2D eigenvalue weighted by molar-refractivity contribution is 7.21. The molecule has 0 aliphatic rings. The van der Waals surface area contributed by atoms with Crippen LogP contribution in [0, 0.1) is 0 Å². The first-order chi connectivity index (χ1) is 18.1. The number of hydrogen-bond donors (Lipinski definition) is 1. The lowest BCUT2D eigenvalue weighted by Crippen LogP contribution is -2.13. The molecule has 0 saturated heterocycles. The second-order valence-corrected chi connectivity index (χ2v) is 9.45. The Morgan fingerprint density at radius 2 is 1.73 bits per heavy atom. The molecule has 6 nitrogen and oxygen atoms in total. The van der Waals surface area contributed by atoms with Gasteiger partial charge in [0.15, 0.2) is 0 Å². The maximum Gasteiger partial charge on any atom is 0.344 e. The molecule has 2 heterocycles. The topological polar surface area (TPSA) is 81.4 Å². The normalized spacial score (nSPS) is 11.1. The summed E-state index contributed by atoms with van der Waals surface area (Å²) in [5.74, 6) is 0.205. The molecule has 0 fully saturated rings. The number of rotatable bonds is 5. The van der Waals surface area contributed by atoms with Crippen molar-refractivity contribution in [1.82, 2.24) is 4.98 Å². The fourth-order valence-electron chi connectivity index (χ4n) is 4.22. The minimum absolute atomic E-state index is 0.327. The largest absolute Gasteiger partial charge is 0.495 e. The minimum atomic E-state index is -0.457. The van der Waals surface area contributed by atoms with E-state index in [2.05, 4.69) is 5.32 Å². The number of hydrogen-bond acceptors (Lipinski definition) is 6. The fourth-order valence-corrected chi connectivity index (χ4v) is 5.18. The third-order valence-electron chi connectivity index (χ3n) is 6.07. The van der Waals surface area contributed by atoms with Crippen LogP contribution in [0.2, 0.25) is 0 Å². The molecule has 7 heteroatoms.